The maximum atomic E-state index is 12.1. The molecule has 9 heteroatoms. The Morgan fingerprint density at radius 3 is 2.18 bits per heavy atom. The van der Waals surface area contributed by atoms with Gasteiger partial charge in [0.25, 0.3) is 0 Å². The van der Waals surface area contributed by atoms with Gasteiger partial charge in [-0.1, -0.05) is 51.4 Å². The number of nitrogens with zero attached hydrogens (tertiary/aromatic N) is 3. The van der Waals surface area contributed by atoms with E-state index in [1.807, 2.05) is 32.9 Å². The van der Waals surface area contributed by atoms with Crippen LogP contribution in [0.5, 0.6) is 0 Å². The van der Waals surface area contributed by atoms with Crippen molar-refractivity contribution in [1.82, 2.24) is 15.0 Å². The summed E-state index contributed by atoms with van der Waals surface area (Å²) in [4.78, 5) is 1.66. The van der Waals surface area contributed by atoms with E-state index < -0.39 is 14.3 Å². The largest absolute Gasteiger partial charge is 0.509 e. The molecule has 7 nitrogen and oxygen atoms in total. The molecule has 2 unspecified atom stereocenters. The van der Waals surface area contributed by atoms with E-state index >= 15 is 0 Å². The molecular weight excluding hydrogens is 470 g/mol. The summed E-state index contributed by atoms with van der Waals surface area (Å²) in [7, 11) is -3.31. The predicted molar refractivity (Wildman–Crippen MR) is 138 cm³/mol. The molecule has 1 aromatic carbocycles. The lowest BCUT2D eigenvalue weighted by Gasteiger charge is -2.47. The summed E-state index contributed by atoms with van der Waals surface area (Å²) < 4.78 is 19.1. The molecule has 1 heterocycles. The van der Waals surface area contributed by atoms with Gasteiger partial charge in [-0.05, 0) is 56.4 Å². The molecule has 0 bridgehead atoms. The molecule has 0 fully saturated rings. The Labute approximate surface area is 209 Å². The number of hydrogen-bond donors (Lipinski definition) is 1. The van der Waals surface area contributed by atoms with Crippen LogP contribution in [0.3, 0.4) is 0 Å². The van der Waals surface area contributed by atoms with Gasteiger partial charge in [0.2, 0.25) is 0 Å². The highest BCUT2D eigenvalue weighted by Crippen LogP contribution is 2.52. The first-order valence-electron chi connectivity index (χ1n) is 12.1. The quantitative estimate of drug-likeness (QED) is 0.373. The Balaban J connectivity index is 2.38. The summed E-state index contributed by atoms with van der Waals surface area (Å²) >= 11 is 6.25. The standard InChI is InChI=1S/C25H38ClN3O4Si/c1-8-22(34(31-9-2,32-10-3)33-11-4)25(16-12-13-19(23(25)30)24(5,6)7)29-27-20-15-14-18(26)17-21(20)28-29/h12-15,17,22,30H,8-11,16H2,1-7H3. The first kappa shape index (κ1) is 26.9. The van der Waals surface area contributed by atoms with Crippen molar-refractivity contribution in [2.45, 2.75) is 72.4 Å². The average molecular weight is 508 g/mol. The number of aromatic nitrogens is 3. The van der Waals surface area contributed by atoms with E-state index in [9.17, 15) is 5.11 Å². The van der Waals surface area contributed by atoms with Crippen LogP contribution in [0.4, 0.5) is 0 Å². The van der Waals surface area contributed by atoms with Crippen LogP contribution in [0.1, 0.15) is 61.3 Å². The summed E-state index contributed by atoms with van der Waals surface area (Å²) in [6.07, 6.45) is 5.21. The van der Waals surface area contributed by atoms with Gasteiger partial charge in [0, 0.05) is 31.3 Å². The van der Waals surface area contributed by atoms with Crippen molar-refractivity contribution in [1.29, 1.82) is 0 Å². The number of rotatable bonds is 10. The zero-order valence-electron chi connectivity index (χ0n) is 21.4. The average Bonchev–Trinajstić information content (AvgIpc) is 3.18. The highest BCUT2D eigenvalue weighted by molar-refractivity contribution is 6.62. The van der Waals surface area contributed by atoms with Crippen LogP contribution in [0.2, 0.25) is 10.6 Å². The zero-order chi connectivity index (χ0) is 25.1. The van der Waals surface area contributed by atoms with E-state index in [1.165, 1.54) is 0 Å². The summed E-state index contributed by atoms with van der Waals surface area (Å²) in [6.45, 7) is 15.5. The van der Waals surface area contributed by atoms with Gasteiger partial charge in [0.05, 0.1) is 5.54 Å². The Morgan fingerprint density at radius 2 is 1.65 bits per heavy atom. The van der Waals surface area contributed by atoms with Gasteiger partial charge in [-0.25, -0.2) is 0 Å². The van der Waals surface area contributed by atoms with Crippen LogP contribution in [-0.4, -0.2) is 48.7 Å². The minimum Gasteiger partial charge on any atom is -0.509 e. The second-order valence-corrected chi connectivity index (χ2v) is 12.7. The summed E-state index contributed by atoms with van der Waals surface area (Å²) in [5.41, 5.74) is 0.535. The van der Waals surface area contributed by atoms with Crippen molar-refractivity contribution in [2.24, 2.45) is 5.41 Å². The number of benzene rings is 1. The van der Waals surface area contributed by atoms with E-state index in [-0.39, 0.29) is 16.7 Å². The molecule has 2 atom stereocenters. The van der Waals surface area contributed by atoms with Gasteiger partial charge in [0.15, 0.2) is 0 Å². The first-order chi connectivity index (χ1) is 16.1. The first-order valence-corrected chi connectivity index (χ1v) is 14.3. The van der Waals surface area contributed by atoms with E-state index in [0.29, 0.717) is 48.7 Å². The number of hydrogen-bond acceptors (Lipinski definition) is 6. The number of fused-ring (bicyclic) bond motifs is 1. The maximum Gasteiger partial charge on any atom is 0.507 e. The smallest absolute Gasteiger partial charge is 0.507 e. The fourth-order valence-electron chi connectivity index (χ4n) is 4.97. The minimum atomic E-state index is -3.31. The topological polar surface area (TPSA) is 78.6 Å². The van der Waals surface area contributed by atoms with Crippen LogP contribution >= 0.6 is 11.6 Å². The van der Waals surface area contributed by atoms with Gasteiger partial charge in [-0.3, -0.25) is 0 Å². The molecule has 0 saturated heterocycles. The SMILES string of the molecule is CCO[Si](OCC)(OCC)C(CC)C1(n2nc3ccc(Cl)cc3n2)CC=CC(C(C)(C)C)=C1O. The fraction of sp³-hybridized carbons (Fsp3) is 0.600. The molecule has 3 rings (SSSR count). The normalized spacial score (nSPS) is 20.4. The molecule has 1 N–H and O–H groups in total. The zero-order valence-corrected chi connectivity index (χ0v) is 23.1. The van der Waals surface area contributed by atoms with Crippen molar-refractivity contribution < 1.29 is 18.4 Å². The Kier molecular flexibility index (Phi) is 8.30. The molecule has 34 heavy (non-hydrogen) atoms. The van der Waals surface area contributed by atoms with E-state index in [0.717, 1.165) is 5.57 Å². The van der Waals surface area contributed by atoms with Gasteiger partial charge >= 0.3 is 8.80 Å². The van der Waals surface area contributed by atoms with Gasteiger partial charge in [-0.15, -0.1) is 0 Å². The number of halogens is 1. The highest BCUT2D eigenvalue weighted by atomic mass is 35.5. The molecule has 1 aliphatic rings. The second-order valence-electron chi connectivity index (χ2n) is 9.53. The van der Waals surface area contributed by atoms with Crippen molar-refractivity contribution >= 4 is 31.4 Å². The summed E-state index contributed by atoms with van der Waals surface area (Å²) in [5, 5.41) is 22.4. The summed E-state index contributed by atoms with van der Waals surface area (Å²) in [6, 6.07) is 5.43. The molecule has 0 saturated carbocycles. The Morgan fingerprint density at radius 1 is 1.06 bits per heavy atom. The Bertz CT molecular complexity index is 1050. The van der Waals surface area contributed by atoms with Crippen LogP contribution < -0.4 is 0 Å². The van der Waals surface area contributed by atoms with Crippen LogP contribution in [0, 0.1) is 5.41 Å². The molecule has 188 valence electrons. The molecule has 0 spiro atoms. The Hall–Kier alpha value is -1.71. The maximum absolute atomic E-state index is 12.1. The van der Waals surface area contributed by atoms with E-state index in [2.05, 4.69) is 33.8 Å². The third kappa shape index (κ3) is 4.71. The van der Waals surface area contributed by atoms with Crippen LogP contribution in [-0.2, 0) is 18.8 Å². The van der Waals surface area contributed by atoms with Crippen LogP contribution in [0.15, 0.2) is 41.7 Å². The van der Waals surface area contributed by atoms with Gasteiger partial charge in [0.1, 0.15) is 22.3 Å². The predicted octanol–water partition coefficient (Wildman–Crippen LogP) is 6.43. The molecule has 1 aliphatic carbocycles. The molecule has 2 aromatic rings. The number of allylic oxidation sites excluding steroid dienone is 4. The highest BCUT2D eigenvalue weighted by Gasteiger charge is 2.62. The fourth-order valence-corrected chi connectivity index (χ4v) is 8.65. The number of aliphatic hydroxyl groups is 1. The van der Waals surface area contributed by atoms with Gasteiger partial charge in [-0.2, -0.15) is 15.0 Å². The third-order valence-electron chi connectivity index (χ3n) is 6.33. The van der Waals surface area contributed by atoms with Crippen molar-refractivity contribution in [2.75, 3.05) is 19.8 Å². The molecular formula is C25H38ClN3O4Si. The third-order valence-corrected chi connectivity index (χ3v) is 10.4. The van der Waals surface area contributed by atoms with Crippen molar-refractivity contribution in [3.63, 3.8) is 0 Å². The monoisotopic (exact) mass is 507 g/mol. The minimum absolute atomic E-state index is 0.233. The molecule has 0 radical (unpaired) electrons. The van der Waals surface area contributed by atoms with Crippen molar-refractivity contribution in [3.05, 3.63) is 46.7 Å². The lowest BCUT2D eigenvalue weighted by molar-refractivity contribution is 0.0313. The lowest BCUT2D eigenvalue weighted by Crippen LogP contribution is -2.60. The van der Waals surface area contributed by atoms with E-state index in [1.54, 1.807) is 16.9 Å². The second kappa shape index (κ2) is 10.5. The summed E-state index contributed by atoms with van der Waals surface area (Å²) in [5.74, 6) is 0.233. The molecule has 0 aliphatic heterocycles. The van der Waals surface area contributed by atoms with Gasteiger partial charge < -0.3 is 18.4 Å². The lowest BCUT2D eigenvalue weighted by atomic mass is 9.74. The van der Waals surface area contributed by atoms with Crippen molar-refractivity contribution in [3.8, 4) is 0 Å². The van der Waals surface area contributed by atoms with Crippen LogP contribution in [0.25, 0.3) is 11.0 Å². The van der Waals surface area contributed by atoms with E-state index in [4.69, 9.17) is 35.1 Å². The molecule has 0 amide bonds. The molecule has 1 aromatic heterocycles. The number of aliphatic hydroxyl groups excluding tert-OH is 1.